The number of rotatable bonds is 6. The summed E-state index contributed by atoms with van der Waals surface area (Å²) in [5, 5.41) is 4.01. The second kappa shape index (κ2) is 7.41. The van der Waals surface area contributed by atoms with Crippen LogP contribution in [0.5, 0.6) is 11.5 Å². The number of anilines is 1. The molecule has 0 atom stereocenters. The standard InChI is InChI=1S/C18H22ClNO2/c1-5-22-18-15(19)9-14(10-17(18)21-4)11-20-16-8-12(2)6-7-13(16)3/h6-10,20H,5,11H2,1-4H3. The van der Waals surface area contributed by atoms with Crippen molar-refractivity contribution in [2.75, 3.05) is 19.0 Å². The summed E-state index contributed by atoms with van der Waals surface area (Å²) in [6.07, 6.45) is 0. The molecule has 0 saturated heterocycles. The van der Waals surface area contributed by atoms with E-state index in [0.717, 1.165) is 11.3 Å². The molecule has 2 aromatic carbocycles. The third-order valence-corrected chi connectivity index (χ3v) is 3.73. The molecule has 0 bridgehead atoms. The molecule has 0 fully saturated rings. The van der Waals surface area contributed by atoms with Crippen LogP contribution in [-0.2, 0) is 6.54 Å². The molecule has 0 aliphatic heterocycles. The van der Waals surface area contributed by atoms with Gasteiger partial charge in [-0.15, -0.1) is 0 Å². The minimum absolute atomic E-state index is 0.552. The first kappa shape index (κ1) is 16.5. The van der Waals surface area contributed by atoms with Crippen LogP contribution in [0.15, 0.2) is 30.3 Å². The largest absolute Gasteiger partial charge is 0.493 e. The molecule has 2 rings (SSSR count). The van der Waals surface area contributed by atoms with Crippen molar-refractivity contribution in [2.45, 2.75) is 27.3 Å². The molecule has 0 saturated carbocycles. The normalized spacial score (nSPS) is 10.4. The van der Waals surface area contributed by atoms with Crippen molar-refractivity contribution in [3.05, 3.63) is 52.0 Å². The number of hydrogen-bond donors (Lipinski definition) is 1. The molecule has 1 N–H and O–H groups in total. The van der Waals surface area contributed by atoms with Gasteiger partial charge in [-0.05, 0) is 55.7 Å². The number of ether oxygens (including phenoxy) is 2. The lowest BCUT2D eigenvalue weighted by molar-refractivity contribution is 0.311. The predicted molar refractivity (Wildman–Crippen MR) is 92.4 cm³/mol. The maximum Gasteiger partial charge on any atom is 0.179 e. The summed E-state index contributed by atoms with van der Waals surface area (Å²) in [5.41, 5.74) is 4.63. The molecule has 0 aliphatic carbocycles. The highest BCUT2D eigenvalue weighted by Crippen LogP contribution is 2.36. The molecule has 0 unspecified atom stereocenters. The number of halogens is 1. The van der Waals surface area contributed by atoms with Gasteiger partial charge in [0.1, 0.15) is 0 Å². The van der Waals surface area contributed by atoms with Crippen LogP contribution in [0.4, 0.5) is 5.69 Å². The first-order chi connectivity index (χ1) is 10.5. The SMILES string of the molecule is CCOc1c(Cl)cc(CNc2cc(C)ccc2C)cc1OC. The Hall–Kier alpha value is -1.87. The van der Waals surface area contributed by atoms with Crippen molar-refractivity contribution in [1.29, 1.82) is 0 Å². The van der Waals surface area contributed by atoms with Gasteiger partial charge in [-0.3, -0.25) is 0 Å². The van der Waals surface area contributed by atoms with E-state index in [4.69, 9.17) is 21.1 Å². The molecular formula is C18H22ClNO2. The Morgan fingerprint density at radius 1 is 1.14 bits per heavy atom. The lowest BCUT2D eigenvalue weighted by Gasteiger charge is -2.15. The molecule has 118 valence electrons. The fourth-order valence-electron chi connectivity index (χ4n) is 2.28. The Kier molecular flexibility index (Phi) is 5.56. The third kappa shape index (κ3) is 3.86. The number of hydrogen-bond acceptors (Lipinski definition) is 3. The van der Waals surface area contributed by atoms with Crippen molar-refractivity contribution in [3.63, 3.8) is 0 Å². The van der Waals surface area contributed by atoms with Crippen LogP contribution >= 0.6 is 11.6 Å². The second-order valence-corrected chi connectivity index (χ2v) is 5.62. The van der Waals surface area contributed by atoms with E-state index in [-0.39, 0.29) is 0 Å². The number of benzene rings is 2. The molecule has 22 heavy (non-hydrogen) atoms. The summed E-state index contributed by atoms with van der Waals surface area (Å²) in [4.78, 5) is 0. The lowest BCUT2D eigenvalue weighted by Crippen LogP contribution is -2.03. The van der Waals surface area contributed by atoms with E-state index in [9.17, 15) is 0 Å². The molecule has 3 nitrogen and oxygen atoms in total. The summed E-state index contributed by atoms with van der Waals surface area (Å²) in [7, 11) is 1.62. The Balaban J connectivity index is 2.19. The Morgan fingerprint density at radius 2 is 1.91 bits per heavy atom. The van der Waals surface area contributed by atoms with E-state index >= 15 is 0 Å². The maximum atomic E-state index is 6.30. The van der Waals surface area contributed by atoms with Gasteiger partial charge in [0.15, 0.2) is 11.5 Å². The highest BCUT2D eigenvalue weighted by atomic mass is 35.5. The fraction of sp³-hybridized carbons (Fsp3) is 0.333. The third-order valence-electron chi connectivity index (χ3n) is 3.45. The van der Waals surface area contributed by atoms with Crippen LogP contribution in [0.3, 0.4) is 0 Å². The highest BCUT2D eigenvalue weighted by molar-refractivity contribution is 6.32. The molecule has 4 heteroatoms. The van der Waals surface area contributed by atoms with Gasteiger partial charge in [-0.25, -0.2) is 0 Å². The van der Waals surface area contributed by atoms with Crippen LogP contribution in [0.2, 0.25) is 5.02 Å². The van der Waals surface area contributed by atoms with Crippen LogP contribution in [0.1, 0.15) is 23.6 Å². The number of nitrogens with one attached hydrogen (secondary N) is 1. The molecular weight excluding hydrogens is 298 g/mol. The Morgan fingerprint density at radius 3 is 2.59 bits per heavy atom. The zero-order chi connectivity index (χ0) is 16.1. The topological polar surface area (TPSA) is 30.5 Å². The Bertz CT molecular complexity index is 656. The van der Waals surface area contributed by atoms with Gasteiger partial charge in [-0.2, -0.15) is 0 Å². The molecule has 0 heterocycles. The van der Waals surface area contributed by atoms with E-state index in [1.165, 1.54) is 11.1 Å². The van der Waals surface area contributed by atoms with Crippen LogP contribution in [0, 0.1) is 13.8 Å². The van der Waals surface area contributed by atoms with Crippen molar-refractivity contribution in [1.82, 2.24) is 0 Å². The smallest absolute Gasteiger partial charge is 0.179 e. The summed E-state index contributed by atoms with van der Waals surface area (Å²) in [6, 6.07) is 10.2. The summed E-state index contributed by atoms with van der Waals surface area (Å²) in [5.74, 6) is 1.26. The van der Waals surface area contributed by atoms with Crippen molar-refractivity contribution < 1.29 is 9.47 Å². The van der Waals surface area contributed by atoms with Gasteiger partial charge in [0.05, 0.1) is 18.7 Å². The highest BCUT2D eigenvalue weighted by Gasteiger charge is 2.11. The molecule has 0 aliphatic rings. The predicted octanol–water partition coefficient (Wildman–Crippen LogP) is 4.98. The molecule has 0 aromatic heterocycles. The molecule has 0 amide bonds. The average molecular weight is 320 g/mol. The zero-order valence-corrected chi connectivity index (χ0v) is 14.3. The lowest BCUT2D eigenvalue weighted by atomic mass is 10.1. The summed E-state index contributed by atoms with van der Waals surface area (Å²) >= 11 is 6.30. The molecule has 2 aromatic rings. The van der Waals surface area contributed by atoms with Gasteiger partial charge in [0, 0.05) is 12.2 Å². The van der Waals surface area contributed by atoms with Crippen LogP contribution in [-0.4, -0.2) is 13.7 Å². The van der Waals surface area contributed by atoms with Gasteiger partial charge < -0.3 is 14.8 Å². The van der Waals surface area contributed by atoms with Crippen LogP contribution < -0.4 is 14.8 Å². The molecule has 0 radical (unpaired) electrons. The van der Waals surface area contributed by atoms with E-state index in [2.05, 4.69) is 37.4 Å². The minimum atomic E-state index is 0.552. The van der Waals surface area contributed by atoms with Gasteiger partial charge in [0.25, 0.3) is 0 Å². The zero-order valence-electron chi connectivity index (χ0n) is 13.5. The fourth-order valence-corrected chi connectivity index (χ4v) is 2.57. The molecule has 0 spiro atoms. The van der Waals surface area contributed by atoms with Gasteiger partial charge in [-0.1, -0.05) is 23.7 Å². The van der Waals surface area contributed by atoms with E-state index in [1.54, 1.807) is 7.11 Å². The van der Waals surface area contributed by atoms with E-state index in [1.807, 2.05) is 19.1 Å². The first-order valence-corrected chi connectivity index (χ1v) is 7.73. The van der Waals surface area contributed by atoms with Crippen molar-refractivity contribution in [3.8, 4) is 11.5 Å². The van der Waals surface area contributed by atoms with Crippen LogP contribution in [0.25, 0.3) is 0 Å². The number of aryl methyl sites for hydroxylation is 2. The Labute approximate surface area is 137 Å². The van der Waals surface area contributed by atoms with Gasteiger partial charge >= 0.3 is 0 Å². The van der Waals surface area contributed by atoms with Crippen molar-refractivity contribution in [2.24, 2.45) is 0 Å². The van der Waals surface area contributed by atoms with Crippen molar-refractivity contribution >= 4 is 17.3 Å². The second-order valence-electron chi connectivity index (χ2n) is 5.21. The monoisotopic (exact) mass is 319 g/mol. The summed E-state index contributed by atoms with van der Waals surface area (Å²) < 4.78 is 10.9. The quantitative estimate of drug-likeness (QED) is 0.814. The first-order valence-electron chi connectivity index (χ1n) is 7.35. The summed E-state index contributed by atoms with van der Waals surface area (Å²) in [6.45, 7) is 7.32. The average Bonchev–Trinajstić information content (AvgIpc) is 2.50. The van der Waals surface area contributed by atoms with Gasteiger partial charge in [0.2, 0.25) is 0 Å². The van der Waals surface area contributed by atoms with E-state index < -0.39 is 0 Å². The minimum Gasteiger partial charge on any atom is -0.493 e. The van der Waals surface area contributed by atoms with E-state index in [0.29, 0.717) is 29.7 Å². The number of methoxy groups -OCH3 is 1. The maximum absolute atomic E-state index is 6.30.